The van der Waals surface area contributed by atoms with Gasteiger partial charge in [0, 0.05) is 12.6 Å². The van der Waals surface area contributed by atoms with E-state index in [1.165, 1.54) is 24.9 Å². The molecule has 0 saturated heterocycles. The van der Waals surface area contributed by atoms with Crippen LogP contribution in [-0.2, 0) is 6.54 Å². The highest BCUT2D eigenvalue weighted by atomic mass is 15.1. The van der Waals surface area contributed by atoms with Gasteiger partial charge in [-0.25, -0.2) is 0 Å². The number of rotatable bonds is 8. The number of unbranched alkanes of at least 4 members (excludes halogenated alkanes) is 2. The predicted molar refractivity (Wildman–Crippen MR) is 74.9 cm³/mol. The second-order valence-electron chi connectivity index (χ2n) is 4.90. The second kappa shape index (κ2) is 8.26. The van der Waals surface area contributed by atoms with E-state index in [2.05, 4.69) is 49.1 Å². The summed E-state index contributed by atoms with van der Waals surface area (Å²) in [6, 6.07) is 11.3. The van der Waals surface area contributed by atoms with Crippen molar-refractivity contribution in [2.24, 2.45) is 5.73 Å². The Hall–Kier alpha value is -0.860. The SMILES string of the molecule is CC(C)N(CCCCCN)Cc1ccccc1. The Bertz CT molecular complexity index is 282. The van der Waals surface area contributed by atoms with Crippen LogP contribution >= 0.6 is 0 Å². The molecule has 0 spiro atoms. The minimum atomic E-state index is 0.605. The van der Waals surface area contributed by atoms with E-state index in [0.29, 0.717) is 6.04 Å². The fraction of sp³-hybridized carbons (Fsp3) is 0.600. The summed E-state index contributed by atoms with van der Waals surface area (Å²) in [6.07, 6.45) is 3.65. The Labute approximate surface area is 106 Å². The van der Waals surface area contributed by atoms with Crippen molar-refractivity contribution in [2.45, 2.75) is 45.7 Å². The summed E-state index contributed by atoms with van der Waals surface area (Å²) in [5.41, 5.74) is 6.92. The zero-order valence-corrected chi connectivity index (χ0v) is 11.2. The van der Waals surface area contributed by atoms with Crippen LogP contribution in [0.3, 0.4) is 0 Å². The molecule has 0 amide bonds. The summed E-state index contributed by atoms with van der Waals surface area (Å²) in [5, 5.41) is 0. The Balaban J connectivity index is 2.38. The number of nitrogens with zero attached hydrogens (tertiary/aromatic N) is 1. The Morgan fingerprint density at radius 1 is 1.06 bits per heavy atom. The molecule has 0 bridgehead atoms. The monoisotopic (exact) mass is 234 g/mol. The van der Waals surface area contributed by atoms with Crippen LogP contribution in [0.25, 0.3) is 0 Å². The zero-order valence-electron chi connectivity index (χ0n) is 11.2. The van der Waals surface area contributed by atoms with Crippen LogP contribution in [0.5, 0.6) is 0 Å². The minimum absolute atomic E-state index is 0.605. The van der Waals surface area contributed by atoms with Crippen molar-refractivity contribution < 1.29 is 0 Å². The summed E-state index contributed by atoms with van der Waals surface area (Å²) < 4.78 is 0. The minimum Gasteiger partial charge on any atom is -0.330 e. The molecule has 0 heterocycles. The van der Waals surface area contributed by atoms with E-state index in [1.807, 2.05) is 0 Å². The largest absolute Gasteiger partial charge is 0.330 e. The normalized spacial score (nSPS) is 11.4. The molecule has 0 aliphatic carbocycles. The van der Waals surface area contributed by atoms with Crippen molar-refractivity contribution in [1.29, 1.82) is 0 Å². The smallest absolute Gasteiger partial charge is 0.0236 e. The van der Waals surface area contributed by atoms with Gasteiger partial charge in [0.1, 0.15) is 0 Å². The van der Waals surface area contributed by atoms with E-state index in [4.69, 9.17) is 5.73 Å². The zero-order chi connectivity index (χ0) is 12.5. The highest BCUT2D eigenvalue weighted by molar-refractivity contribution is 5.14. The number of nitrogens with two attached hydrogens (primary N) is 1. The molecule has 0 fully saturated rings. The third kappa shape index (κ3) is 5.85. The lowest BCUT2D eigenvalue weighted by molar-refractivity contribution is 0.208. The Kier molecular flexibility index (Phi) is 6.90. The van der Waals surface area contributed by atoms with Gasteiger partial charge >= 0.3 is 0 Å². The molecule has 0 saturated carbocycles. The summed E-state index contributed by atoms with van der Waals surface area (Å²) >= 11 is 0. The molecule has 1 rings (SSSR count). The average molecular weight is 234 g/mol. The first kappa shape index (κ1) is 14.2. The van der Waals surface area contributed by atoms with Crippen LogP contribution in [0.1, 0.15) is 38.7 Å². The molecule has 1 aromatic carbocycles. The maximum atomic E-state index is 5.52. The third-order valence-electron chi connectivity index (χ3n) is 3.11. The average Bonchev–Trinajstić information content (AvgIpc) is 2.34. The van der Waals surface area contributed by atoms with Gasteiger partial charge in [-0.2, -0.15) is 0 Å². The molecule has 0 atom stereocenters. The lowest BCUT2D eigenvalue weighted by atomic mass is 10.1. The fourth-order valence-corrected chi connectivity index (χ4v) is 1.97. The lowest BCUT2D eigenvalue weighted by Crippen LogP contribution is -2.31. The van der Waals surface area contributed by atoms with Crippen molar-refractivity contribution in [3.63, 3.8) is 0 Å². The first-order valence-corrected chi connectivity index (χ1v) is 6.72. The van der Waals surface area contributed by atoms with Gasteiger partial charge in [-0.15, -0.1) is 0 Å². The van der Waals surface area contributed by atoms with Crippen molar-refractivity contribution in [1.82, 2.24) is 4.90 Å². The molecule has 0 radical (unpaired) electrons. The molecule has 0 aliphatic heterocycles. The fourth-order valence-electron chi connectivity index (χ4n) is 1.97. The van der Waals surface area contributed by atoms with Crippen molar-refractivity contribution in [3.05, 3.63) is 35.9 Å². The van der Waals surface area contributed by atoms with Crippen molar-refractivity contribution in [2.75, 3.05) is 13.1 Å². The summed E-state index contributed by atoms with van der Waals surface area (Å²) in [4.78, 5) is 2.53. The molecule has 2 nitrogen and oxygen atoms in total. The maximum Gasteiger partial charge on any atom is 0.0236 e. The standard InChI is InChI=1S/C15H26N2/c1-14(2)17(12-8-4-7-11-16)13-15-9-5-3-6-10-15/h3,5-6,9-10,14H,4,7-8,11-13,16H2,1-2H3. The summed E-state index contributed by atoms with van der Waals surface area (Å²) in [5.74, 6) is 0. The Morgan fingerprint density at radius 2 is 1.76 bits per heavy atom. The number of hydrogen-bond donors (Lipinski definition) is 1. The molecular formula is C15H26N2. The van der Waals surface area contributed by atoms with E-state index in [-0.39, 0.29) is 0 Å². The molecule has 0 unspecified atom stereocenters. The van der Waals surface area contributed by atoms with Gasteiger partial charge in [0.15, 0.2) is 0 Å². The van der Waals surface area contributed by atoms with E-state index in [0.717, 1.165) is 19.5 Å². The summed E-state index contributed by atoms with van der Waals surface area (Å²) in [7, 11) is 0. The number of benzene rings is 1. The van der Waals surface area contributed by atoms with E-state index < -0.39 is 0 Å². The van der Waals surface area contributed by atoms with Gasteiger partial charge in [0.05, 0.1) is 0 Å². The van der Waals surface area contributed by atoms with Gasteiger partial charge in [-0.1, -0.05) is 36.8 Å². The quantitative estimate of drug-likeness (QED) is 0.701. The molecule has 1 aromatic rings. The maximum absolute atomic E-state index is 5.52. The molecular weight excluding hydrogens is 208 g/mol. The van der Waals surface area contributed by atoms with Crippen LogP contribution < -0.4 is 5.73 Å². The predicted octanol–water partition coefficient (Wildman–Crippen LogP) is 3.03. The molecule has 17 heavy (non-hydrogen) atoms. The van der Waals surface area contributed by atoms with Gasteiger partial charge < -0.3 is 5.73 Å². The van der Waals surface area contributed by atoms with E-state index >= 15 is 0 Å². The number of hydrogen-bond acceptors (Lipinski definition) is 2. The first-order valence-electron chi connectivity index (χ1n) is 6.72. The topological polar surface area (TPSA) is 29.3 Å². The molecule has 0 aliphatic rings. The van der Waals surface area contributed by atoms with Gasteiger partial charge in [-0.3, -0.25) is 4.90 Å². The van der Waals surface area contributed by atoms with Gasteiger partial charge in [0.25, 0.3) is 0 Å². The van der Waals surface area contributed by atoms with Crippen LogP contribution in [0, 0.1) is 0 Å². The molecule has 96 valence electrons. The van der Waals surface area contributed by atoms with Gasteiger partial charge in [-0.05, 0) is 45.3 Å². The summed E-state index contributed by atoms with van der Waals surface area (Å²) in [6.45, 7) is 7.59. The Morgan fingerprint density at radius 3 is 2.35 bits per heavy atom. The molecule has 2 heteroatoms. The van der Waals surface area contributed by atoms with Crippen LogP contribution in [0.2, 0.25) is 0 Å². The van der Waals surface area contributed by atoms with Crippen LogP contribution in [0.4, 0.5) is 0 Å². The lowest BCUT2D eigenvalue weighted by Gasteiger charge is -2.26. The second-order valence-corrected chi connectivity index (χ2v) is 4.90. The highest BCUT2D eigenvalue weighted by Gasteiger charge is 2.09. The molecule has 2 N–H and O–H groups in total. The molecule has 0 aromatic heterocycles. The van der Waals surface area contributed by atoms with Gasteiger partial charge in [0.2, 0.25) is 0 Å². The first-order chi connectivity index (χ1) is 8.24. The third-order valence-corrected chi connectivity index (χ3v) is 3.11. The van der Waals surface area contributed by atoms with E-state index in [9.17, 15) is 0 Å². The highest BCUT2D eigenvalue weighted by Crippen LogP contribution is 2.09. The van der Waals surface area contributed by atoms with Crippen LogP contribution in [0.15, 0.2) is 30.3 Å². The van der Waals surface area contributed by atoms with Crippen LogP contribution in [-0.4, -0.2) is 24.0 Å². The van der Waals surface area contributed by atoms with Crippen molar-refractivity contribution >= 4 is 0 Å². The van der Waals surface area contributed by atoms with Crippen molar-refractivity contribution in [3.8, 4) is 0 Å². The van der Waals surface area contributed by atoms with E-state index in [1.54, 1.807) is 0 Å².